The molecule has 0 saturated carbocycles. The van der Waals surface area contributed by atoms with E-state index in [0.29, 0.717) is 5.69 Å². The highest BCUT2D eigenvalue weighted by atomic mass is 79.9. The number of nitrogens with one attached hydrogen (secondary N) is 2. The summed E-state index contributed by atoms with van der Waals surface area (Å²) in [5.41, 5.74) is 0.448. The van der Waals surface area contributed by atoms with Gasteiger partial charge >= 0.3 is 0 Å². The third-order valence-electron chi connectivity index (χ3n) is 2.68. The molecule has 0 aliphatic heterocycles. The lowest BCUT2D eigenvalue weighted by molar-refractivity contribution is -0.119. The van der Waals surface area contributed by atoms with Crippen molar-refractivity contribution in [1.82, 2.24) is 15.6 Å². The summed E-state index contributed by atoms with van der Waals surface area (Å²) >= 11 is 3.05. The monoisotopic (exact) mass is 401 g/mol. The van der Waals surface area contributed by atoms with Crippen LogP contribution in [0.5, 0.6) is 5.88 Å². The Labute approximate surface area is 144 Å². The van der Waals surface area contributed by atoms with Crippen LogP contribution in [-0.4, -0.2) is 40.4 Å². The van der Waals surface area contributed by atoms with Gasteiger partial charge in [0.15, 0.2) is 0 Å². The van der Waals surface area contributed by atoms with Gasteiger partial charge in [0.2, 0.25) is 17.4 Å². The topological polar surface area (TPSA) is 122 Å². The molecule has 128 valence electrons. The summed E-state index contributed by atoms with van der Waals surface area (Å²) in [6.07, 6.45) is 0. The largest absolute Gasteiger partial charge is 0.472 e. The highest BCUT2D eigenvalue weighted by Gasteiger charge is 2.19. The van der Waals surface area contributed by atoms with Crippen LogP contribution in [0.25, 0.3) is 0 Å². The second kappa shape index (κ2) is 8.24. The number of aromatic nitrogens is 2. The van der Waals surface area contributed by atoms with Crippen LogP contribution in [-0.2, 0) is 4.79 Å². The Morgan fingerprint density at radius 2 is 2.29 bits per heavy atom. The number of halogens is 2. The fourth-order valence-corrected chi connectivity index (χ4v) is 2.02. The van der Waals surface area contributed by atoms with E-state index in [4.69, 9.17) is 9.94 Å². The normalized spacial score (nSPS) is 11.2. The smallest absolute Gasteiger partial charge is 0.287 e. The number of amides is 1. The first-order chi connectivity index (χ1) is 11.5. The zero-order valence-electron chi connectivity index (χ0n) is 12.4. The molecule has 2 rings (SSSR count). The van der Waals surface area contributed by atoms with Gasteiger partial charge in [-0.1, -0.05) is 5.16 Å². The minimum atomic E-state index is -0.437. The Kier molecular flexibility index (Phi) is 6.07. The summed E-state index contributed by atoms with van der Waals surface area (Å²) < 4.78 is 23.4. The Morgan fingerprint density at radius 1 is 1.50 bits per heavy atom. The number of rotatable bonds is 6. The molecular weight excluding hydrogens is 389 g/mol. The van der Waals surface area contributed by atoms with Gasteiger partial charge in [-0.05, 0) is 44.4 Å². The average Bonchev–Trinajstić information content (AvgIpc) is 3.00. The molecule has 1 aromatic carbocycles. The van der Waals surface area contributed by atoms with Gasteiger partial charge in [-0.15, -0.1) is 0 Å². The van der Waals surface area contributed by atoms with Crippen molar-refractivity contribution in [2.45, 2.75) is 6.92 Å². The Morgan fingerprint density at radius 3 is 2.96 bits per heavy atom. The third kappa shape index (κ3) is 4.65. The Hall–Kier alpha value is -2.69. The van der Waals surface area contributed by atoms with Crippen LogP contribution < -0.4 is 15.4 Å². The molecule has 24 heavy (non-hydrogen) atoms. The van der Waals surface area contributed by atoms with E-state index in [1.54, 1.807) is 0 Å². The summed E-state index contributed by atoms with van der Waals surface area (Å²) in [5.74, 6) is -0.766. The molecule has 0 unspecified atom stereocenters. The van der Waals surface area contributed by atoms with Crippen molar-refractivity contribution in [3.63, 3.8) is 0 Å². The average molecular weight is 402 g/mol. The second-order valence-corrected chi connectivity index (χ2v) is 5.31. The van der Waals surface area contributed by atoms with Gasteiger partial charge < -0.3 is 20.6 Å². The van der Waals surface area contributed by atoms with Crippen molar-refractivity contribution in [2.24, 2.45) is 5.16 Å². The lowest BCUT2D eigenvalue weighted by Crippen LogP contribution is -2.26. The molecular formula is C13H13BrFN5O4. The molecule has 0 atom stereocenters. The molecule has 0 radical (unpaired) electrons. The number of hydrogen-bond donors (Lipinski definition) is 3. The summed E-state index contributed by atoms with van der Waals surface area (Å²) in [5, 5.41) is 24.7. The zero-order chi connectivity index (χ0) is 17.5. The van der Waals surface area contributed by atoms with Gasteiger partial charge in [0.25, 0.3) is 5.88 Å². The van der Waals surface area contributed by atoms with Crippen molar-refractivity contribution < 1.29 is 23.8 Å². The predicted molar refractivity (Wildman–Crippen MR) is 84.5 cm³/mol. The molecule has 0 saturated heterocycles. The van der Waals surface area contributed by atoms with Crippen LogP contribution in [0.1, 0.15) is 12.6 Å². The molecule has 1 amide bonds. The molecule has 0 fully saturated rings. The molecule has 9 nitrogen and oxygen atoms in total. The number of anilines is 1. The first-order valence-corrected chi connectivity index (χ1v) is 7.45. The van der Waals surface area contributed by atoms with E-state index in [9.17, 15) is 9.18 Å². The summed E-state index contributed by atoms with van der Waals surface area (Å²) in [6.45, 7) is 1.75. The predicted octanol–water partition coefficient (Wildman–Crippen LogP) is 1.73. The van der Waals surface area contributed by atoms with E-state index in [2.05, 4.69) is 46.7 Å². The summed E-state index contributed by atoms with van der Waals surface area (Å²) in [6, 6.07) is 4.12. The third-order valence-corrected chi connectivity index (χ3v) is 3.29. The Balaban J connectivity index is 2.07. The van der Waals surface area contributed by atoms with E-state index >= 15 is 0 Å². The quantitative estimate of drug-likeness (QED) is 0.221. The second-order valence-electron chi connectivity index (χ2n) is 4.45. The molecule has 0 spiro atoms. The van der Waals surface area contributed by atoms with Crippen molar-refractivity contribution in [3.8, 4) is 5.88 Å². The van der Waals surface area contributed by atoms with Gasteiger partial charge in [0, 0.05) is 12.6 Å². The standard InChI is InChI=1S/C13H13BrFN5O4/c1-7(21)16-4-5-23-13-11(19-24-20-13)12(18-22)17-8-2-3-10(15)9(14)6-8/h2-3,6,22H,4-5H2,1H3,(H,16,21)(H,17,18). The highest BCUT2D eigenvalue weighted by Crippen LogP contribution is 2.21. The number of nitrogens with zero attached hydrogens (tertiary/aromatic N) is 3. The first-order valence-electron chi connectivity index (χ1n) is 6.65. The van der Waals surface area contributed by atoms with Gasteiger partial charge in [-0.3, -0.25) is 4.79 Å². The molecule has 0 aliphatic rings. The maximum atomic E-state index is 13.2. The minimum Gasteiger partial charge on any atom is -0.472 e. The molecule has 2 aromatic rings. The first kappa shape index (κ1) is 17.7. The van der Waals surface area contributed by atoms with Crippen molar-refractivity contribution in [1.29, 1.82) is 0 Å². The number of ether oxygens (including phenoxy) is 1. The number of hydrogen-bond acceptors (Lipinski definition) is 7. The van der Waals surface area contributed by atoms with E-state index in [-0.39, 0.29) is 40.9 Å². The van der Waals surface area contributed by atoms with Crippen molar-refractivity contribution in [3.05, 3.63) is 34.2 Å². The van der Waals surface area contributed by atoms with Crippen LogP contribution in [0.2, 0.25) is 0 Å². The lowest BCUT2D eigenvalue weighted by Gasteiger charge is -2.08. The summed E-state index contributed by atoms with van der Waals surface area (Å²) in [4.78, 5) is 10.8. The van der Waals surface area contributed by atoms with Gasteiger partial charge in [0.1, 0.15) is 12.4 Å². The van der Waals surface area contributed by atoms with E-state index in [0.717, 1.165) is 0 Å². The van der Waals surface area contributed by atoms with Crippen LogP contribution in [0.4, 0.5) is 10.1 Å². The molecule has 11 heteroatoms. The zero-order valence-corrected chi connectivity index (χ0v) is 14.0. The van der Waals surface area contributed by atoms with Crippen LogP contribution in [0, 0.1) is 5.82 Å². The Bertz CT molecular complexity index is 752. The fourth-order valence-electron chi connectivity index (χ4n) is 1.64. The molecule has 1 heterocycles. The number of carbonyl (C=O) groups excluding carboxylic acids is 1. The van der Waals surface area contributed by atoms with E-state index in [1.165, 1.54) is 25.1 Å². The van der Waals surface area contributed by atoms with Gasteiger partial charge in [-0.25, -0.2) is 9.02 Å². The van der Waals surface area contributed by atoms with Gasteiger partial charge in [-0.2, -0.15) is 0 Å². The van der Waals surface area contributed by atoms with Crippen molar-refractivity contribution >= 4 is 33.4 Å². The maximum Gasteiger partial charge on any atom is 0.287 e. The number of oxime groups is 1. The number of benzene rings is 1. The highest BCUT2D eigenvalue weighted by molar-refractivity contribution is 9.10. The molecule has 1 aromatic heterocycles. The van der Waals surface area contributed by atoms with Crippen LogP contribution >= 0.6 is 15.9 Å². The van der Waals surface area contributed by atoms with Crippen LogP contribution in [0.15, 0.2) is 32.5 Å². The molecule has 0 bridgehead atoms. The summed E-state index contributed by atoms with van der Waals surface area (Å²) in [7, 11) is 0. The van der Waals surface area contributed by atoms with Crippen LogP contribution in [0.3, 0.4) is 0 Å². The molecule has 0 aliphatic carbocycles. The number of carbonyl (C=O) groups is 1. The van der Waals surface area contributed by atoms with E-state index < -0.39 is 5.82 Å². The maximum absolute atomic E-state index is 13.2. The molecule has 3 N–H and O–H groups in total. The lowest BCUT2D eigenvalue weighted by atomic mass is 10.3. The van der Waals surface area contributed by atoms with E-state index in [1.807, 2.05) is 0 Å². The SMILES string of the molecule is CC(=O)NCCOc1nonc1/C(=N\O)Nc1ccc(F)c(Br)c1. The van der Waals surface area contributed by atoms with Crippen molar-refractivity contribution in [2.75, 3.05) is 18.5 Å². The van der Waals surface area contributed by atoms with Gasteiger partial charge in [0.05, 0.1) is 11.0 Å². The number of amidine groups is 1. The minimum absolute atomic E-state index is 0.0146. The fraction of sp³-hybridized carbons (Fsp3) is 0.231.